The van der Waals surface area contributed by atoms with Crippen LogP contribution in [-0.2, 0) is 25.6 Å². The first kappa shape index (κ1) is 31.6. The largest absolute Gasteiger partial charge is 0.480 e. The molecule has 0 aliphatic rings. The molecule has 1 rings (SSSR count). The molecule has 38 heavy (non-hydrogen) atoms. The summed E-state index contributed by atoms with van der Waals surface area (Å²) in [4.78, 5) is 56.8. The van der Waals surface area contributed by atoms with Gasteiger partial charge in [0, 0.05) is 13.1 Å². The number of carboxylic acid groups (broad SMARTS) is 1. The first-order chi connectivity index (χ1) is 18.0. The topological polar surface area (TPSA) is 279 Å². The molecule has 0 aliphatic carbocycles. The fourth-order valence-corrected chi connectivity index (χ4v) is 3.31. The minimum Gasteiger partial charge on any atom is -0.480 e. The van der Waals surface area contributed by atoms with E-state index in [2.05, 4.69) is 25.9 Å². The summed E-state index contributed by atoms with van der Waals surface area (Å²) in [6, 6.07) is 6.01. The third-order valence-electron chi connectivity index (χ3n) is 5.22. The summed E-state index contributed by atoms with van der Waals surface area (Å²) in [6.07, 6.45) is 1.17. The lowest BCUT2D eigenvalue weighted by molar-refractivity contribution is -0.142. The fourth-order valence-electron chi connectivity index (χ4n) is 3.31. The number of aliphatic carboxylic acids is 1. The normalized spacial score (nSPS) is 12.8. The molecule has 3 atom stereocenters. The number of carbonyl (C=O) groups is 4. The van der Waals surface area contributed by atoms with Crippen molar-refractivity contribution in [3.8, 4) is 0 Å². The highest BCUT2D eigenvalue weighted by Gasteiger charge is 2.25. The third kappa shape index (κ3) is 13.6. The van der Waals surface area contributed by atoms with E-state index in [1.807, 2.05) is 30.3 Å². The molecule has 210 valence electrons. The van der Waals surface area contributed by atoms with Gasteiger partial charge in [0.15, 0.2) is 11.9 Å². The summed E-state index contributed by atoms with van der Waals surface area (Å²) < 4.78 is 0. The van der Waals surface area contributed by atoms with Crippen LogP contribution in [0.25, 0.3) is 0 Å². The van der Waals surface area contributed by atoms with Gasteiger partial charge in [-0.15, -0.1) is 0 Å². The Kier molecular flexibility index (Phi) is 14.3. The number of hydrogen-bond acceptors (Lipinski definition) is 7. The zero-order chi connectivity index (χ0) is 28.5. The second kappa shape index (κ2) is 17.1. The summed E-state index contributed by atoms with van der Waals surface area (Å²) in [5, 5.41) is 16.7. The summed E-state index contributed by atoms with van der Waals surface area (Å²) in [5.41, 5.74) is 28.0. The van der Waals surface area contributed by atoms with Crippen LogP contribution in [0.5, 0.6) is 0 Å². The molecule has 0 radical (unpaired) electrons. The third-order valence-corrected chi connectivity index (χ3v) is 5.22. The number of benzene rings is 1. The van der Waals surface area contributed by atoms with Gasteiger partial charge >= 0.3 is 5.97 Å². The Bertz CT molecular complexity index is 978. The predicted octanol–water partition coefficient (Wildman–Crippen LogP) is -3.17. The van der Waals surface area contributed by atoms with Crippen LogP contribution in [0.3, 0.4) is 0 Å². The summed E-state index contributed by atoms with van der Waals surface area (Å²) >= 11 is 0. The molecule has 0 aliphatic heterocycles. The second-order valence-corrected chi connectivity index (χ2v) is 8.43. The number of hydrogen-bond donors (Lipinski definition) is 9. The van der Waals surface area contributed by atoms with Gasteiger partial charge in [-0.25, -0.2) is 4.79 Å². The Labute approximate surface area is 220 Å². The number of amides is 3. The molecule has 3 unspecified atom stereocenters. The van der Waals surface area contributed by atoms with Crippen LogP contribution in [0.2, 0.25) is 0 Å². The molecule has 1 aromatic rings. The van der Waals surface area contributed by atoms with E-state index < -0.39 is 48.4 Å². The van der Waals surface area contributed by atoms with Gasteiger partial charge in [0.1, 0.15) is 12.1 Å². The minimum absolute atomic E-state index is 0.0780. The van der Waals surface area contributed by atoms with E-state index in [1.54, 1.807) is 0 Å². The van der Waals surface area contributed by atoms with Crippen molar-refractivity contribution in [2.24, 2.45) is 38.7 Å². The van der Waals surface area contributed by atoms with Crippen LogP contribution < -0.4 is 44.6 Å². The lowest BCUT2D eigenvalue weighted by Crippen LogP contribution is -2.53. The number of nitrogens with zero attached hydrogens (tertiary/aromatic N) is 2. The minimum atomic E-state index is -1.24. The van der Waals surface area contributed by atoms with Crippen molar-refractivity contribution in [2.75, 3.05) is 19.6 Å². The van der Waals surface area contributed by atoms with Crippen LogP contribution in [0.1, 0.15) is 31.2 Å². The standard InChI is InChI=1S/C23H38N10O5/c24-15(12-14-6-2-1-3-7-14)19(35)33-16(8-4-10-29-22(25)26)20(36)31-13-18(34)32-17(21(37)38)9-5-11-30-23(27)28/h1-3,6-7,15-17H,4-5,8-13,24H2,(H,31,36)(H,32,34)(H,33,35)(H,37,38)(H4,25,26,29)(H4,27,28,30). The average molecular weight is 535 g/mol. The maximum absolute atomic E-state index is 12.8. The van der Waals surface area contributed by atoms with Crippen LogP contribution in [0.15, 0.2) is 40.3 Å². The van der Waals surface area contributed by atoms with Crippen molar-refractivity contribution < 1.29 is 24.3 Å². The van der Waals surface area contributed by atoms with Gasteiger partial charge in [-0.3, -0.25) is 24.4 Å². The number of rotatable bonds is 17. The van der Waals surface area contributed by atoms with Crippen LogP contribution >= 0.6 is 0 Å². The fraction of sp³-hybridized carbons (Fsp3) is 0.478. The van der Waals surface area contributed by atoms with Gasteiger partial charge < -0.3 is 49.7 Å². The summed E-state index contributed by atoms with van der Waals surface area (Å²) in [7, 11) is 0. The van der Waals surface area contributed by atoms with Crippen LogP contribution in [0, 0.1) is 0 Å². The molecule has 0 spiro atoms. The molecule has 15 heteroatoms. The average Bonchev–Trinajstić information content (AvgIpc) is 2.86. The highest BCUT2D eigenvalue weighted by molar-refractivity contribution is 5.92. The number of nitrogens with two attached hydrogens (primary N) is 5. The van der Waals surface area contributed by atoms with Gasteiger partial charge in [-0.2, -0.15) is 0 Å². The number of carbonyl (C=O) groups excluding carboxylic acids is 3. The van der Waals surface area contributed by atoms with Crippen molar-refractivity contribution in [1.29, 1.82) is 0 Å². The second-order valence-electron chi connectivity index (χ2n) is 8.43. The lowest BCUT2D eigenvalue weighted by Gasteiger charge is -2.21. The molecular weight excluding hydrogens is 496 g/mol. The number of nitrogens with one attached hydrogen (secondary N) is 3. The van der Waals surface area contributed by atoms with E-state index in [4.69, 9.17) is 28.7 Å². The Balaban J connectivity index is 2.71. The quantitative estimate of drug-likeness (QED) is 0.0549. The zero-order valence-corrected chi connectivity index (χ0v) is 21.1. The molecule has 0 saturated carbocycles. The Morgan fingerprint density at radius 1 is 0.816 bits per heavy atom. The molecule has 3 amide bonds. The maximum atomic E-state index is 12.8. The summed E-state index contributed by atoms with van der Waals surface area (Å²) in [5.74, 6) is -3.39. The Morgan fingerprint density at radius 3 is 1.89 bits per heavy atom. The molecule has 0 bridgehead atoms. The maximum Gasteiger partial charge on any atom is 0.326 e. The molecule has 0 heterocycles. The SMILES string of the molecule is NC(N)=NCCCC(NC(=O)CNC(=O)C(CCCN=C(N)N)NC(=O)C(N)Cc1ccccc1)C(=O)O. The van der Waals surface area contributed by atoms with Crippen LogP contribution in [-0.4, -0.2) is 78.5 Å². The highest BCUT2D eigenvalue weighted by atomic mass is 16.4. The van der Waals surface area contributed by atoms with Crippen molar-refractivity contribution in [1.82, 2.24) is 16.0 Å². The molecule has 0 saturated heterocycles. The summed E-state index contributed by atoms with van der Waals surface area (Å²) in [6.45, 7) is -0.0854. The predicted molar refractivity (Wildman–Crippen MR) is 142 cm³/mol. The molecule has 0 fully saturated rings. The molecular formula is C23H38N10O5. The molecule has 14 N–H and O–H groups in total. The Morgan fingerprint density at radius 2 is 1.37 bits per heavy atom. The van der Waals surface area contributed by atoms with Gasteiger partial charge in [0.05, 0.1) is 12.6 Å². The van der Waals surface area contributed by atoms with Crippen molar-refractivity contribution >= 4 is 35.6 Å². The van der Waals surface area contributed by atoms with E-state index in [-0.39, 0.29) is 44.3 Å². The van der Waals surface area contributed by atoms with Gasteiger partial charge in [0.25, 0.3) is 0 Å². The smallest absolute Gasteiger partial charge is 0.326 e. The monoisotopic (exact) mass is 534 g/mol. The lowest BCUT2D eigenvalue weighted by atomic mass is 10.0. The van der Waals surface area contributed by atoms with Crippen molar-refractivity contribution in [2.45, 2.75) is 50.2 Å². The van der Waals surface area contributed by atoms with Crippen LogP contribution in [0.4, 0.5) is 0 Å². The van der Waals surface area contributed by atoms with E-state index in [1.165, 1.54) is 0 Å². The highest BCUT2D eigenvalue weighted by Crippen LogP contribution is 2.04. The Hall–Kier alpha value is -4.40. The van der Waals surface area contributed by atoms with E-state index in [0.717, 1.165) is 5.56 Å². The first-order valence-corrected chi connectivity index (χ1v) is 12.0. The van der Waals surface area contributed by atoms with E-state index in [0.29, 0.717) is 12.8 Å². The van der Waals surface area contributed by atoms with E-state index in [9.17, 15) is 24.3 Å². The van der Waals surface area contributed by atoms with Crippen molar-refractivity contribution in [3.05, 3.63) is 35.9 Å². The van der Waals surface area contributed by atoms with E-state index >= 15 is 0 Å². The zero-order valence-electron chi connectivity index (χ0n) is 21.1. The molecule has 0 aromatic heterocycles. The molecule has 1 aromatic carbocycles. The number of carboxylic acids is 1. The van der Waals surface area contributed by atoms with Crippen molar-refractivity contribution in [3.63, 3.8) is 0 Å². The van der Waals surface area contributed by atoms with Gasteiger partial charge in [-0.05, 0) is 37.7 Å². The van der Waals surface area contributed by atoms with Gasteiger partial charge in [-0.1, -0.05) is 30.3 Å². The molecule has 15 nitrogen and oxygen atoms in total. The number of aliphatic imine (C=N–C) groups is 2. The van der Waals surface area contributed by atoms with Gasteiger partial charge in [0.2, 0.25) is 17.7 Å². The number of guanidine groups is 2. The first-order valence-electron chi connectivity index (χ1n) is 12.0.